The van der Waals surface area contributed by atoms with E-state index in [1.807, 2.05) is 12.1 Å². The molecule has 4 nitrogen and oxygen atoms in total. The Labute approximate surface area is 109 Å². The van der Waals surface area contributed by atoms with E-state index in [2.05, 4.69) is 32.6 Å². The van der Waals surface area contributed by atoms with Gasteiger partial charge in [-0.1, -0.05) is 6.92 Å². The first-order valence-electron chi connectivity index (χ1n) is 6.37. The van der Waals surface area contributed by atoms with Gasteiger partial charge in [0.25, 0.3) is 0 Å². The number of nitrogens with zero attached hydrogens (tertiary/aromatic N) is 1. The van der Waals surface area contributed by atoms with E-state index in [1.54, 1.807) is 0 Å². The summed E-state index contributed by atoms with van der Waals surface area (Å²) < 4.78 is 5.68. The largest absolute Gasteiger partial charge is 0.481 e. The molecule has 1 rings (SSSR count). The Kier molecular flexibility index (Phi) is 4.96. The van der Waals surface area contributed by atoms with Crippen molar-refractivity contribution < 1.29 is 14.3 Å². The van der Waals surface area contributed by atoms with Gasteiger partial charge in [0.15, 0.2) is 0 Å². The van der Waals surface area contributed by atoms with E-state index in [0.29, 0.717) is 13.1 Å². The van der Waals surface area contributed by atoms with Crippen LogP contribution in [-0.4, -0.2) is 28.1 Å². The van der Waals surface area contributed by atoms with Gasteiger partial charge in [0, 0.05) is 18.5 Å². The minimum absolute atomic E-state index is 0.0748. The zero-order valence-corrected chi connectivity index (χ0v) is 11.7. The molecule has 0 aliphatic rings. The van der Waals surface area contributed by atoms with Crippen LogP contribution in [-0.2, 0) is 17.8 Å². The summed E-state index contributed by atoms with van der Waals surface area (Å²) in [5.74, 6) is 1.10. The summed E-state index contributed by atoms with van der Waals surface area (Å²) in [6.07, 6.45) is 1.03. The predicted octanol–water partition coefficient (Wildman–Crippen LogP) is 2.92. The zero-order chi connectivity index (χ0) is 13.8. The Morgan fingerprint density at radius 1 is 1.33 bits per heavy atom. The number of rotatable bonds is 6. The molecule has 1 heterocycles. The maximum atomic E-state index is 10.7. The molecule has 102 valence electrons. The molecule has 0 saturated carbocycles. The van der Waals surface area contributed by atoms with Gasteiger partial charge in [-0.25, -0.2) is 0 Å². The summed E-state index contributed by atoms with van der Waals surface area (Å²) in [5.41, 5.74) is -0.0748. The van der Waals surface area contributed by atoms with Crippen LogP contribution >= 0.6 is 0 Å². The van der Waals surface area contributed by atoms with Crippen molar-refractivity contribution in [3.8, 4) is 0 Å². The SMILES string of the molecule is CCc1ccc(CN(CCC(=O)O)C(C)(C)C)o1. The lowest BCUT2D eigenvalue weighted by Crippen LogP contribution is -2.41. The quantitative estimate of drug-likeness (QED) is 0.847. The molecule has 0 aliphatic heterocycles. The van der Waals surface area contributed by atoms with Gasteiger partial charge < -0.3 is 9.52 Å². The van der Waals surface area contributed by atoms with Crippen molar-refractivity contribution in [2.75, 3.05) is 6.54 Å². The van der Waals surface area contributed by atoms with E-state index in [1.165, 1.54) is 0 Å². The molecule has 0 aliphatic carbocycles. The maximum absolute atomic E-state index is 10.7. The fourth-order valence-electron chi connectivity index (χ4n) is 1.77. The number of aliphatic carboxylic acids is 1. The van der Waals surface area contributed by atoms with Crippen LogP contribution in [0, 0.1) is 0 Å². The summed E-state index contributed by atoms with van der Waals surface area (Å²) in [6, 6.07) is 3.95. The molecular formula is C14H23NO3. The Morgan fingerprint density at radius 2 is 1.94 bits per heavy atom. The third-order valence-corrected chi connectivity index (χ3v) is 2.96. The molecule has 0 fully saturated rings. The van der Waals surface area contributed by atoms with Crippen molar-refractivity contribution in [2.45, 2.75) is 52.6 Å². The van der Waals surface area contributed by atoms with Crippen LogP contribution in [0.1, 0.15) is 45.6 Å². The van der Waals surface area contributed by atoms with Crippen LogP contribution in [0.15, 0.2) is 16.5 Å². The minimum atomic E-state index is -0.766. The first-order chi connectivity index (χ1) is 8.32. The minimum Gasteiger partial charge on any atom is -0.481 e. The molecule has 0 aromatic carbocycles. The molecule has 18 heavy (non-hydrogen) atoms. The fourth-order valence-corrected chi connectivity index (χ4v) is 1.77. The van der Waals surface area contributed by atoms with Crippen LogP contribution in [0.2, 0.25) is 0 Å². The van der Waals surface area contributed by atoms with Gasteiger partial charge in [-0.2, -0.15) is 0 Å². The lowest BCUT2D eigenvalue weighted by molar-refractivity contribution is -0.137. The van der Waals surface area contributed by atoms with Gasteiger partial charge in [-0.15, -0.1) is 0 Å². The van der Waals surface area contributed by atoms with E-state index >= 15 is 0 Å². The van der Waals surface area contributed by atoms with Crippen molar-refractivity contribution in [1.82, 2.24) is 4.90 Å². The topological polar surface area (TPSA) is 53.7 Å². The van der Waals surface area contributed by atoms with E-state index in [4.69, 9.17) is 9.52 Å². The first kappa shape index (κ1) is 14.8. The third kappa shape index (κ3) is 4.53. The highest BCUT2D eigenvalue weighted by Crippen LogP contribution is 2.19. The molecule has 0 atom stereocenters. The van der Waals surface area contributed by atoms with E-state index in [-0.39, 0.29) is 12.0 Å². The standard InChI is InChI=1S/C14H23NO3/c1-5-11-6-7-12(18-11)10-15(14(2,3)4)9-8-13(16)17/h6-7H,5,8-10H2,1-4H3,(H,16,17). The second-order valence-corrected chi connectivity index (χ2v) is 5.46. The molecule has 1 aromatic rings. The van der Waals surface area contributed by atoms with Crippen molar-refractivity contribution >= 4 is 5.97 Å². The van der Waals surface area contributed by atoms with Crippen LogP contribution in [0.3, 0.4) is 0 Å². The van der Waals surface area contributed by atoms with Crippen LogP contribution in [0.5, 0.6) is 0 Å². The van der Waals surface area contributed by atoms with Crippen molar-refractivity contribution in [2.24, 2.45) is 0 Å². The molecule has 0 amide bonds. The Balaban J connectivity index is 2.68. The molecule has 0 saturated heterocycles. The molecule has 4 heteroatoms. The number of carbonyl (C=O) groups is 1. The Morgan fingerprint density at radius 3 is 2.39 bits per heavy atom. The molecule has 0 radical (unpaired) electrons. The number of furan rings is 1. The number of carboxylic acid groups (broad SMARTS) is 1. The molecular weight excluding hydrogens is 230 g/mol. The van der Waals surface area contributed by atoms with E-state index in [0.717, 1.165) is 17.9 Å². The molecule has 0 bridgehead atoms. The van der Waals surface area contributed by atoms with Crippen molar-refractivity contribution in [3.05, 3.63) is 23.7 Å². The summed E-state index contributed by atoms with van der Waals surface area (Å²) in [6.45, 7) is 9.47. The monoisotopic (exact) mass is 253 g/mol. The second kappa shape index (κ2) is 6.05. The highest BCUT2D eigenvalue weighted by atomic mass is 16.4. The van der Waals surface area contributed by atoms with Crippen molar-refractivity contribution in [1.29, 1.82) is 0 Å². The summed E-state index contributed by atoms with van der Waals surface area (Å²) in [7, 11) is 0. The van der Waals surface area contributed by atoms with Crippen LogP contribution in [0.4, 0.5) is 0 Å². The third-order valence-electron chi connectivity index (χ3n) is 2.96. The average Bonchev–Trinajstić information content (AvgIpc) is 2.70. The van der Waals surface area contributed by atoms with Gasteiger partial charge in [-0.3, -0.25) is 9.69 Å². The first-order valence-corrected chi connectivity index (χ1v) is 6.37. The Bertz CT molecular complexity index is 390. The molecule has 0 spiro atoms. The highest BCUT2D eigenvalue weighted by Gasteiger charge is 2.23. The van der Waals surface area contributed by atoms with Gasteiger partial charge >= 0.3 is 5.97 Å². The van der Waals surface area contributed by atoms with E-state index in [9.17, 15) is 4.79 Å². The fraction of sp³-hybridized carbons (Fsp3) is 0.643. The smallest absolute Gasteiger partial charge is 0.304 e. The maximum Gasteiger partial charge on any atom is 0.304 e. The van der Waals surface area contributed by atoms with Crippen molar-refractivity contribution in [3.63, 3.8) is 0 Å². The normalized spacial score (nSPS) is 12.1. The lowest BCUT2D eigenvalue weighted by atomic mass is 10.1. The van der Waals surface area contributed by atoms with Gasteiger partial charge in [0.1, 0.15) is 11.5 Å². The van der Waals surface area contributed by atoms with Crippen LogP contribution in [0.25, 0.3) is 0 Å². The molecule has 0 unspecified atom stereocenters. The van der Waals surface area contributed by atoms with Gasteiger partial charge in [-0.05, 0) is 32.9 Å². The average molecular weight is 253 g/mol. The number of carboxylic acids is 1. The number of hydrogen-bond donors (Lipinski definition) is 1. The summed E-state index contributed by atoms with van der Waals surface area (Å²) in [4.78, 5) is 12.8. The lowest BCUT2D eigenvalue weighted by Gasteiger charge is -2.34. The van der Waals surface area contributed by atoms with Gasteiger partial charge in [0.2, 0.25) is 0 Å². The summed E-state index contributed by atoms with van der Waals surface area (Å²) >= 11 is 0. The van der Waals surface area contributed by atoms with Gasteiger partial charge in [0.05, 0.1) is 13.0 Å². The Hall–Kier alpha value is -1.29. The summed E-state index contributed by atoms with van der Waals surface area (Å²) in [5, 5.41) is 8.79. The molecule has 1 N–H and O–H groups in total. The number of aryl methyl sites for hydroxylation is 1. The zero-order valence-electron chi connectivity index (χ0n) is 11.7. The second-order valence-electron chi connectivity index (χ2n) is 5.46. The highest BCUT2D eigenvalue weighted by molar-refractivity contribution is 5.66. The number of hydrogen-bond acceptors (Lipinski definition) is 3. The van der Waals surface area contributed by atoms with E-state index < -0.39 is 5.97 Å². The van der Waals surface area contributed by atoms with Crippen LogP contribution < -0.4 is 0 Å². The molecule has 1 aromatic heterocycles. The predicted molar refractivity (Wildman–Crippen MR) is 70.5 cm³/mol.